The summed E-state index contributed by atoms with van der Waals surface area (Å²) >= 11 is 0. The minimum absolute atomic E-state index is 0.0204. The van der Waals surface area contributed by atoms with E-state index in [2.05, 4.69) is 55.7 Å². The van der Waals surface area contributed by atoms with Gasteiger partial charge in [-0.1, -0.05) is 51.1 Å². The van der Waals surface area contributed by atoms with E-state index in [-0.39, 0.29) is 18.1 Å². The van der Waals surface area contributed by atoms with Crippen LogP contribution in [0, 0.1) is 5.92 Å². The average Bonchev–Trinajstić information content (AvgIpc) is 2.70. The van der Waals surface area contributed by atoms with Crippen molar-refractivity contribution in [1.29, 1.82) is 0 Å². The molecule has 3 heteroatoms. The van der Waals surface area contributed by atoms with Gasteiger partial charge in [-0.25, -0.2) is 0 Å². The smallest absolute Gasteiger partial charge is 0.238 e. The molecule has 0 aliphatic carbocycles. The summed E-state index contributed by atoms with van der Waals surface area (Å²) in [6.45, 7) is 6.50. The zero-order valence-electron chi connectivity index (χ0n) is 12.0. The Kier molecular flexibility index (Phi) is 4.59. The van der Waals surface area contributed by atoms with Gasteiger partial charge in [0.25, 0.3) is 0 Å². The molecule has 0 aromatic heterocycles. The molecule has 1 aliphatic rings. The number of hydrogen-bond donors (Lipinski definition) is 2. The van der Waals surface area contributed by atoms with Crippen LogP contribution in [0.3, 0.4) is 0 Å². The SMILES string of the molecule is CC(C)C[C@@H]1NC(CC(C)c2ccccc2)NC1=O. The minimum Gasteiger partial charge on any atom is -0.339 e. The molecule has 1 aliphatic heterocycles. The van der Waals surface area contributed by atoms with E-state index in [4.69, 9.17) is 0 Å². The minimum atomic E-state index is -0.0204. The third kappa shape index (κ3) is 3.80. The van der Waals surface area contributed by atoms with Crippen molar-refractivity contribution >= 4 is 5.91 Å². The Hall–Kier alpha value is -1.35. The van der Waals surface area contributed by atoms with E-state index in [1.54, 1.807) is 0 Å². The van der Waals surface area contributed by atoms with Crippen LogP contribution >= 0.6 is 0 Å². The first-order chi connectivity index (χ1) is 9.06. The maximum absolute atomic E-state index is 11.9. The fourth-order valence-corrected chi connectivity index (χ4v) is 2.68. The molecule has 3 nitrogen and oxygen atoms in total. The third-order valence-electron chi connectivity index (χ3n) is 3.70. The third-order valence-corrected chi connectivity index (χ3v) is 3.70. The van der Waals surface area contributed by atoms with Crippen LogP contribution < -0.4 is 10.6 Å². The highest BCUT2D eigenvalue weighted by atomic mass is 16.2. The normalized spacial score (nSPS) is 24.5. The van der Waals surface area contributed by atoms with Gasteiger partial charge in [-0.15, -0.1) is 0 Å². The van der Waals surface area contributed by atoms with E-state index < -0.39 is 0 Å². The Morgan fingerprint density at radius 2 is 1.79 bits per heavy atom. The second kappa shape index (κ2) is 6.20. The summed E-state index contributed by atoms with van der Waals surface area (Å²) in [5, 5.41) is 6.47. The second-order valence-corrected chi connectivity index (χ2v) is 5.96. The number of carbonyl (C=O) groups excluding carboxylic acids is 1. The van der Waals surface area contributed by atoms with Crippen molar-refractivity contribution in [2.24, 2.45) is 5.92 Å². The number of rotatable bonds is 5. The molecule has 1 heterocycles. The molecule has 1 fully saturated rings. The molecule has 0 saturated carbocycles. The Morgan fingerprint density at radius 3 is 2.42 bits per heavy atom. The standard InChI is InChI=1S/C16H24N2O/c1-11(2)9-14-16(19)18-15(17-14)10-12(3)13-7-5-4-6-8-13/h4-8,11-12,14-15,17H,9-10H2,1-3H3,(H,18,19)/t12?,14-,15?/m0/s1. The molecule has 3 atom stereocenters. The van der Waals surface area contributed by atoms with Crippen molar-refractivity contribution in [2.75, 3.05) is 0 Å². The lowest BCUT2D eigenvalue weighted by Gasteiger charge is -2.18. The van der Waals surface area contributed by atoms with Gasteiger partial charge in [0.2, 0.25) is 5.91 Å². The number of nitrogens with one attached hydrogen (secondary N) is 2. The molecule has 2 unspecified atom stereocenters. The van der Waals surface area contributed by atoms with Crippen molar-refractivity contribution in [2.45, 2.75) is 51.7 Å². The number of amides is 1. The zero-order valence-corrected chi connectivity index (χ0v) is 12.0. The summed E-state index contributed by atoms with van der Waals surface area (Å²) in [7, 11) is 0. The van der Waals surface area contributed by atoms with Gasteiger partial charge in [-0.2, -0.15) is 0 Å². The van der Waals surface area contributed by atoms with Gasteiger partial charge in [0.05, 0.1) is 12.2 Å². The van der Waals surface area contributed by atoms with Crippen molar-refractivity contribution in [3.8, 4) is 0 Å². The molecule has 0 bridgehead atoms. The Balaban J connectivity index is 1.89. The van der Waals surface area contributed by atoms with E-state index in [1.807, 2.05) is 6.07 Å². The summed E-state index contributed by atoms with van der Waals surface area (Å²) in [6.07, 6.45) is 1.94. The van der Waals surface area contributed by atoms with Crippen molar-refractivity contribution in [3.05, 3.63) is 35.9 Å². The van der Waals surface area contributed by atoms with Crippen molar-refractivity contribution in [1.82, 2.24) is 10.6 Å². The fourth-order valence-electron chi connectivity index (χ4n) is 2.68. The van der Waals surface area contributed by atoms with Crippen LogP contribution in [0.2, 0.25) is 0 Å². The van der Waals surface area contributed by atoms with Gasteiger partial charge < -0.3 is 5.32 Å². The first-order valence-corrected chi connectivity index (χ1v) is 7.17. The maximum Gasteiger partial charge on any atom is 0.238 e. The molecular formula is C16H24N2O. The summed E-state index contributed by atoms with van der Waals surface area (Å²) in [5.74, 6) is 1.13. The molecule has 104 valence electrons. The fraction of sp³-hybridized carbons (Fsp3) is 0.562. The largest absolute Gasteiger partial charge is 0.339 e. The molecule has 1 aromatic rings. The zero-order chi connectivity index (χ0) is 13.8. The molecule has 19 heavy (non-hydrogen) atoms. The monoisotopic (exact) mass is 260 g/mol. The van der Waals surface area contributed by atoms with Crippen LogP contribution in [-0.2, 0) is 4.79 Å². The number of benzene rings is 1. The van der Waals surface area contributed by atoms with Gasteiger partial charge in [-0.3, -0.25) is 10.1 Å². The molecule has 2 N–H and O–H groups in total. The van der Waals surface area contributed by atoms with Crippen LogP contribution in [-0.4, -0.2) is 18.1 Å². The maximum atomic E-state index is 11.9. The molecule has 1 saturated heterocycles. The Labute approximate surface area is 115 Å². The molecule has 1 aromatic carbocycles. The highest BCUT2D eigenvalue weighted by molar-refractivity contribution is 5.84. The quantitative estimate of drug-likeness (QED) is 0.854. The summed E-state index contributed by atoms with van der Waals surface area (Å²) in [4.78, 5) is 11.9. The van der Waals surface area contributed by atoms with Gasteiger partial charge in [0.15, 0.2) is 0 Å². The first kappa shape index (κ1) is 14.1. The van der Waals surface area contributed by atoms with E-state index in [1.165, 1.54) is 5.56 Å². The topological polar surface area (TPSA) is 41.1 Å². The van der Waals surface area contributed by atoms with Gasteiger partial charge in [-0.05, 0) is 30.2 Å². The van der Waals surface area contributed by atoms with Gasteiger partial charge >= 0.3 is 0 Å². The van der Waals surface area contributed by atoms with Crippen LogP contribution in [0.25, 0.3) is 0 Å². The van der Waals surface area contributed by atoms with E-state index in [9.17, 15) is 4.79 Å². The predicted octanol–water partition coefficient (Wildman–Crippen LogP) is 2.64. The van der Waals surface area contributed by atoms with Crippen molar-refractivity contribution in [3.63, 3.8) is 0 Å². The average molecular weight is 260 g/mol. The highest BCUT2D eigenvalue weighted by Gasteiger charge is 2.31. The predicted molar refractivity (Wildman–Crippen MR) is 77.8 cm³/mol. The first-order valence-electron chi connectivity index (χ1n) is 7.17. The summed E-state index contributed by atoms with van der Waals surface area (Å²) in [5.41, 5.74) is 1.32. The molecular weight excluding hydrogens is 236 g/mol. The van der Waals surface area contributed by atoms with Crippen LogP contribution in [0.4, 0.5) is 0 Å². The van der Waals surface area contributed by atoms with E-state index in [0.717, 1.165) is 12.8 Å². The summed E-state index contributed by atoms with van der Waals surface area (Å²) < 4.78 is 0. The number of hydrogen-bond acceptors (Lipinski definition) is 2. The lowest BCUT2D eigenvalue weighted by Crippen LogP contribution is -2.35. The van der Waals surface area contributed by atoms with E-state index in [0.29, 0.717) is 11.8 Å². The number of carbonyl (C=O) groups is 1. The Morgan fingerprint density at radius 1 is 1.11 bits per heavy atom. The molecule has 0 spiro atoms. The Bertz CT molecular complexity index is 416. The van der Waals surface area contributed by atoms with Gasteiger partial charge in [0, 0.05) is 0 Å². The molecule has 2 rings (SSSR count). The van der Waals surface area contributed by atoms with Crippen LogP contribution in [0.1, 0.15) is 45.1 Å². The summed E-state index contributed by atoms with van der Waals surface area (Å²) in [6, 6.07) is 10.4. The lowest BCUT2D eigenvalue weighted by atomic mass is 9.96. The van der Waals surface area contributed by atoms with Crippen molar-refractivity contribution < 1.29 is 4.79 Å². The second-order valence-electron chi connectivity index (χ2n) is 5.96. The molecule has 1 amide bonds. The van der Waals surface area contributed by atoms with E-state index >= 15 is 0 Å². The van der Waals surface area contributed by atoms with Crippen LogP contribution in [0.15, 0.2) is 30.3 Å². The highest BCUT2D eigenvalue weighted by Crippen LogP contribution is 2.21. The lowest BCUT2D eigenvalue weighted by molar-refractivity contribution is -0.120. The van der Waals surface area contributed by atoms with Gasteiger partial charge in [0.1, 0.15) is 0 Å². The molecule has 0 radical (unpaired) electrons. The van der Waals surface area contributed by atoms with Crippen LogP contribution in [0.5, 0.6) is 0 Å².